The van der Waals surface area contributed by atoms with Crippen molar-refractivity contribution in [3.63, 3.8) is 0 Å². The van der Waals surface area contributed by atoms with E-state index in [1.54, 1.807) is 30.1 Å². The number of aryl methyl sites for hydroxylation is 1. The predicted octanol–water partition coefficient (Wildman–Crippen LogP) is 6.03. The fourth-order valence-corrected chi connectivity index (χ4v) is 4.20. The molecule has 1 aromatic heterocycles. The molecule has 7 heteroatoms. The predicted molar refractivity (Wildman–Crippen MR) is 123 cm³/mol. The molecule has 0 atom stereocenters. The second-order valence-corrected chi connectivity index (χ2v) is 8.47. The van der Waals surface area contributed by atoms with Crippen molar-refractivity contribution >= 4 is 47.1 Å². The van der Waals surface area contributed by atoms with E-state index >= 15 is 0 Å². The van der Waals surface area contributed by atoms with Crippen LogP contribution >= 0.6 is 35.0 Å². The fourth-order valence-electron chi connectivity index (χ4n) is 2.95. The molecule has 150 valence electrons. The maximum absolute atomic E-state index is 12.0. The molecule has 0 saturated heterocycles. The highest BCUT2D eigenvalue weighted by atomic mass is 35.5. The lowest BCUT2D eigenvalue weighted by atomic mass is 10.2. The summed E-state index contributed by atoms with van der Waals surface area (Å²) in [7, 11) is 0. The number of hydrogen-bond donors (Lipinski definition) is 1. The molecule has 1 amide bonds. The number of hydrazone groups is 1. The Labute approximate surface area is 184 Å². The monoisotopic (exact) mass is 445 g/mol. The molecule has 0 unspecified atom stereocenters. The van der Waals surface area contributed by atoms with Crippen LogP contribution in [0.1, 0.15) is 23.4 Å². The molecule has 0 spiro atoms. The van der Waals surface area contributed by atoms with Gasteiger partial charge in [-0.1, -0.05) is 41.4 Å². The van der Waals surface area contributed by atoms with Crippen LogP contribution in [-0.2, 0) is 4.79 Å². The number of halogens is 2. The van der Waals surface area contributed by atoms with Gasteiger partial charge in [0.25, 0.3) is 0 Å². The quantitative estimate of drug-likeness (QED) is 0.274. The highest BCUT2D eigenvalue weighted by Gasteiger charge is 2.12. The van der Waals surface area contributed by atoms with E-state index in [-0.39, 0.29) is 5.91 Å². The fraction of sp³-hybridized carbons (Fsp3) is 0.182. The second-order valence-electron chi connectivity index (χ2n) is 6.46. The van der Waals surface area contributed by atoms with Crippen molar-refractivity contribution in [1.82, 2.24) is 9.99 Å². The molecule has 29 heavy (non-hydrogen) atoms. The minimum Gasteiger partial charge on any atom is -0.316 e. The van der Waals surface area contributed by atoms with Gasteiger partial charge in [-0.2, -0.15) is 5.10 Å². The zero-order valence-electron chi connectivity index (χ0n) is 16.2. The molecule has 0 saturated carbocycles. The van der Waals surface area contributed by atoms with Crippen LogP contribution in [0.2, 0.25) is 10.0 Å². The standard InChI is InChI=1S/C22H21Cl2N3OS/c1-15-12-17(16(2)27(15)21-13-18(23)8-9-20(21)24)14-25-26-22(28)10-11-29-19-6-4-3-5-7-19/h3-9,12-14H,10-11H2,1-2H3,(H,26,28)/b25-14-. The number of nitrogens with zero attached hydrogens (tertiary/aromatic N) is 2. The van der Waals surface area contributed by atoms with Gasteiger partial charge < -0.3 is 4.57 Å². The first-order valence-electron chi connectivity index (χ1n) is 9.10. The SMILES string of the molecule is Cc1cc(/C=N\NC(=O)CCSc2ccccc2)c(C)n1-c1cc(Cl)ccc1Cl. The van der Waals surface area contributed by atoms with Crippen LogP contribution in [0.4, 0.5) is 0 Å². The molecule has 2 aromatic carbocycles. The Bertz CT molecular complexity index is 1030. The number of amides is 1. The highest BCUT2D eigenvalue weighted by molar-refractivity contribution is 7.99. The summed E-state index contributed by atoms with van der Waals surface area (Å²) in [5.74, 6) is 0.587. The van der Waals surface area contributed by atoms with Gasteiger partial charge in [-0.25, -0.2) is 5.43 Å². The Morgan fingerprint density at radius 1 is 1.14 bits per heavy atom. The number of rotatable bonds is 7. The average molecular weight is 446 g/mol. The second kappa shape index (κ2) is 10.0. The molecule has 3 aromatic rings. The number of aromatic nitrogens is 1. The average Bonchev–Trinajstić information content (AvgIpc) is 2.98. The Balaban J connectivity index is 1.61. The normalized spacial score (nSPS) is 11.2. The van der Waals surface area contributed by atoms with Gasteiger partial charge in [0.05, 0.1) is 16.9 Å². The number of carbonyl (C=O) groups is 1. The molecular formula is C22H21Cl2N3OS. The summed E-state index contributed by atoms with van der Waals surface area (Å²) in [6.45, 7) is 3.96. The van der Waals surface area contributed by atoms with E-state index < -0.39 is 0 Å². The van der Waals surface area contributed by atoms with Crippen LogP contribution in [0.25, 0.3) is 5.69 Å². The summed E-state index contributed by atoms with van der Waals surface area (Å²) in [6, 6.07) is 17.4. The molecule has 0 aliphatic rings. The van der Waals surface area contributed by atoms with Gasteiger partial charge in [-0.3, -0.25) is 4.79 Å². The first-order valence-corrected chi connectivity index (χ1v) is 10.8. The summed E-state index contributed by atoms with van der Waals surface area (Å²) < 4.78 is 2.02. The van der Waals surface area contributed by atoms with E-state index in [4.69, 9.17) is 23.2 Å². The van der Waals surface area contributed by atoms with Crippen LogP contribution in [0.5, 0.6) is 0 Å². The van der Waals surface area contributed by atoms with Gasteiger partial charge in [0.2, 0.25) is 5.91 Å². The highest BCUT2D eigenvalue weighted by Crippen LogP contribution is 2.28. The molecule has 1 N–H and O–H groups in total. The Morgan fingerprint density at radius 2 is 1.90 bits per heavy atom. The van der Waals surface area contributed by atoms with Crippen molar-refractivity contribution < 1.29 is 4.79 Å². The van der Waals surface area contributed by atoms with Gasteiger partial charge in [0.15, 0.2) is 0 Å². The number of carbonyl (C=O) groups excluding carboxylic acids is 1. The van der Waals surface area contributed by atoms with Gasteiger partial charge in [-0.15, -0.1) is 11.8 Å². The first-order chi connectivity index (χ1) is 14.0. The lowest BCUT2D eigenvalue weighted by Crippen LogP contribution is -2.17. The first kappa shape index (κ1) is 21.5. The van der Waals surface area contributed by atoms with E-state index in [0.717, 1.165) is 27.5 Å². The number of nitrogens with one attached hydrogen (secondary N) is 1. The van der Waals surface area contributed by atoms with E-state index in [2.05, 4.69) is 10.5 Å². The van der Waals surface area contributed by atoms with E-state index in [1.807, 2.05) is 60.9 Å². The Morgan fingerprint density at radius 3 is 2.66 bits per heavy atom. The van der Waals surface area contributed by atoms with Crippen LogP contribution in [0.15, 0.2) is 64.6 Å². The minimum absolute atomic E-state index is 0.114. The zero-order valence-corrected chi connectivity index (χ0v) is 18.5. The molecule has 4 nitrogen and oxygen atoms in total. The molecule has 0 bridgehead atoms. The summed E-state index contributed by atoms with van der Waals surface area (Å²) in [5, 5.41) is 5.34. The van der Waals surface area contributed by atoms with E-state index in [1.165, 1.54) is 0 Å². The number of benzene rings is 2. The lowest BCUT2D eigenvalue weighted by Gasteiger charge is -2.12. The van der Waals surface area contributed by atoms with Crippen molar-refractivity contribution in [1.29, 1.82) is 0 Å². The van der Waals surface area contributed by atoms with Crippen molar-refractivity contribution in [3.8, 4) is 5.69 Å². The number of hydrogen-bond acceptors (Lipinski definition) is 3. The Kier molecular flexibility index (Phi) is 7.42. The maximum Gasteiger partial charge on any atom is 0.240 e. The summed E-state index contributed by atoms with van der Waals surface area (Å²) in [4.78, 5) is 13.2. The van der Waals surface area contributed by atoms with Gasteiger partial charge >= 0.3 is 0 Å². The molecule has 3 rings (SSSR count). The molecule has 1 heterocycles. The van der Waals surface area contributed by atoms with Crippen molar-refractivity contribution in [2.24, 2.45) is 5.10 Å². The molecule has 0 fully saturated rings. The number of thioether (sulfide) groups is 1. The van der Waals surface area contributed by atoms with Crippen LogP contribution in [-0.4, -0.2) is 22.4 Å². The largest absolute Gasteiger partial charge is 0.316 e. The van der Waals surface area contributed by atoms with Crippen molar-refractivity contribution in [2.75, 3.05) is 5.75 Å². The molecule has 0 aliphatic heterocycles. The molecular weight excluding hydrogens is 425 g/mol. The van der Waals surface area contributed by atoms with E-state index in [0.29, 0.717) is 22.2 Å². The van der Waals surface area contributed by atoms with Crippen molar-refractivity contribution in [2.45, 2.75) is 25.2 Å². The summed E-state index contributed by atoms with van der Waals surface area (Å²) in [5.41, 5.74) is 6.27. The van der Waals surface area contributed by atoms with Crippen molar-refractivity contribution in [3.05, 3.63) is 81.6 Å². The summed E-state index contributed by atoms with van der Waals surface area (Å²) >= 11 is 14.1. The smallest absolute Gasteiger partial charge is 0.240 e. The topological polar surface area (TPSA) is 46.4 Å². The Hall–Kier alpha value is -2.21. The third-order valence-corrected chi connectivity index (χ3v) is 5.92. The van der Waals surface area contributed by atoms with Gasteiger partial charge in [0, 0.05) is 39.0 Å². The minimum atomic E-state index is -0.114. The van der Waals surface area contributed by atoms with Crippen LogP contribution in [0, 0.1) is 13.8 Å². The lowest BCUT2D eigenvalue weighted by molar-refractivity contribution is -0.120. The van der Waals surface area contributed by atoms with E-state index in [9.17, 15) is 4.79 Å². The van der Waals surface area contributed by atoms with Gasteiger partial charge in [0.1, 0.15) is 0 Å². The van der Waals surface area contributed by atoms with Crippen LogP contribution in [0.3, 0.4) is 0 Å². The molecule has 0 aliphatic carbocycles. The zero-order chi connectivity index (χ0) is 20.8. The van der Waals surface area contributed by atoms with Crippen LogP contribution < -0.4 is 5.43 Å². The summed E-state index contributed by atoms with van der Waals surface area (Å²) in [6.07, 6.45) is 2.05. The third-order valence-electron chi connectivity index (χ3n) is 4.35. The maximum atomic E-state index is 12.0. The third kappa shape index (κ3) is 5.66. The molecule has 0 radical (unpaired) electrons. The van der Waals surface area contributed by atoms with Gasteiger partial charge in [-0.05, 0) is 50.2 Å².